The van der Waals surface area contributed by atoms with Crippen molar-refractivity contribution in [1.29, 1.82) is 5.26 Å². The van der Waals surface area contributed by atoms with Gasteiger partial charge in [-0.15, -0.1) is 0 Å². The van der Waals surface area contributed by atoms with Crippen LogP contribution >= 0.6 is 0 Å². The first kappa shape index (κ1) is 17.2. The van der Waals surface area contributed by atoms with Crippen LogP contribution < -0.4 is 0 Å². The third kappa shape index (κ3) is 2.72. The molecule has 1 aromatic heterocycles. The molecule has 0 saturated carbocycles. The molecule has 1 heterocycles. The van der Waals surface area contributed by atoms with Gasteiger partial charge in [0.2, 0.25) is 11.3 Å². The number of hydrogen-bond donors (Lipinski definition) is 0. The van der Waals surface area contributed by atoms with Gasteiger partial charge in [-0.2, -0.15) is 5.26 Å². The molecule has 122 valence electrons. The maximum atomic E-state index is 12.4. The van der Waals surface area contributed by atoms with E-state index in [-0.39, 0.29) is 18.3 Å². The average molecular weight is 325 g/mol. The van der Waals surface area contributed by atoms with Gasteiger partial charge in [0.15, 0.2) is 17.4 Å². The number of ether oxygens (including phenoxy) is 1. The van der Waals surface area contributed by atoms with Crippen LogP contribution in [0.15, 0.2) is 22.6 Å². The minimum absolute atomic E-state index is 0.0841. The molecule has 2 rings (SSSR count). The van der Waals surface area contributed by atoms with Gasteiger partial charge >= 0.3 is 12.0 Å². The molecular weight excluding hydrogens is 310 g/mol. The van der Waals surface area contributed by atoms with Crippen LogP contribution in [0.5, 0.6) is 0 Å². The number of carbonyl (C=O) groups excluding carboxylic acids is 2. The quantitative estimate of drug-likeness (QED) is 0.476. The molecule has 24 heavy (non-hydrogen) atoms. The van der Waals surface area contributed by atoms with Crippen LogP contribution in [0.4, 0.5) is 0 Å². The van der Waals surface area contributed by atoms with Gasteiger partial charge in [0.25, 0.3) is 0 Å². The molecule has 0 bridgehead atoms. The number of carbonyl (C=O) groups is 2. The van der Waals surface area contributed by atoms with Crippen molar-refractivity contribution in [2.45, 2.75) is 32.2 Å². The van der Waals surface area contributed by atoms with Crippen molar-refractivity contribution in [3.05, 3.63) is 41.1 Å². The lowest BCUT2D eigenvalue weighted by Crippen LogP contribution is -2.43. The Labute approximate surface area is 138 Å². The highest BCUT2D eigenvalue weighted by Crippen LogP contribution is 2.33. The molecule has 0 N–H and O–H groups in total. The van der Waals surface area contributed by atoms with Crippen LogP contribution in [0, 0.1) is 17.9 Å². The molecule has 0 saturated heterocycles. The van der Waals surface area contributed by atoms with Crippen LogP contribution in [-0.2, 0) is 14.9 Å². The zero-order valence-electron chi connectivity index (χ0n) is 13.5. The fraction of sp³-hybridized carbons (Fsp3) is 0.353. The largest absolute Gasteiger partial charge is 0.465 e. The van der Waals surface area contributed by atoms with E-state index in [9.17, 15) is 14.9 Å². The lowest BCUT2D eigenvalue weighted by molar-refractivity contribution is -0.150. The van der Waals surface area contributed by atoms with Gasteiger partial charge in [0.05, 0.1) is 6.61 Å². The first-order valence-electron chi connectivity index (χ1n) is 7.23. The molecule has 0 fully saturated rings. The second-order valence-corrected chi connectivity index (χ2v) is 5.34. The highest BCUT2D eigenvalue weighted by Gasteiger charge is 2.54. The summed E-state index contributed by atoms with van der Waals surface area (Å²) in [6.45, 7) is 11.7. The third-order valence-electron chi connectivity index (χ3n) is 3.74. The second-order valence-electron chi connectivity index (χ2n) is 5.34. The van der Waals surface area contributed by atoms with Crippen molar-refractivity contribution in [2.75, 3.05) is 6.61 Å². The number of nitriles is 1. The normalized spacial score (nSPS) is 14.2. The lowest BCUT2D eigenvalue weighted by atomic mass is 9.83. The molecule has 2 unspecified atom stereocenters. The van der Waals surface area contributed by atoms with Gasteiger partial charge in [-0.3, -0.25) is 14.4 Å². The van der Waals surface area contributed by atoms with Crippen molar-refractivity contribution < 1.29 is 18.7 Å². The summed E-state index contributed by atoms with van der Waals surface area (Å²) in [5.41, 5.74) is -0.494. The zero-order valence-corrected chi connectivity index (χ0v) is 13.5. The van der Waals surface area contributed by atoms with Crippen molar-refractivity contribution in [1.82, 2.24) is 4.98 Å². The number of rotatable bonds is 5. The van der Waals surface area contributed by atoms with E-state index in [0.717, 1.165) is 0 Å². The third-order valence-corrected chi connectivity index (χ3v) is 3.74. The Kier molecular flexibility index (Phi) is 4.66. The number of aromatic nitrogens is 1. The molecule has 7 nitrogen and oxygen atoms in total. The molecule has 0 radical (unpaired) electrons. The summed E-state index contributed by atoms with van der Waals surface area (Å²) in [4.78, 5) is 31.3. The summed E-state index contributed by atoms with van der Waals surface area (Å²) in [6.07, 6.45) is 0. The van der Waals surface area contributed by atoms with Gasteiger partial charge in [0, 0.05) is 5.56 Å². The Morgan fingerprint density at radius 3 is 2.79 bits per heavy atom. The molecule has 0 aliphatic carbocycles. The molecule has 2 aromatic rings. The zero-order chi connectivity index (χ0) is 17.9. The molecule has 0 aliphatic heterocycles. The van der Waals surface area contributed by atoms with E-state index < -0.39 is 17.4 Å². The Bertz CT molecular complexity index is 873. The van der Waals surface area contributed by atoms with E-state index in [1.54, 1.807) is 25.1 Å². The number of oxazole rings is 1. The fourth-order valence-electron chi connectivity index (χ4n) is 2.25. The molecular formula is C17H15N3O4. The topological polar surface area (TPSA) is 97.5 Å². The minimum atomic E-state index is -1.66. The van der Waals surface area contributed by atoms with Crippen LogP contribution in [0.1, 0.15) is 37.0 Å². The number of ketones is 1. The summed E-state index contributed by atoms with van der Waals surface area (Å²) >= 11 is 0. The Hall–Kier alpha value is -3.19. The van der Waals surface area contributed by atoms with Gasteiger partial charge in [0.1, 0.15) is 5.52 Å². The number of hydrogen-bond acceptors (Lipinski definition) is 6. The molecule has 0 aliphatic rings. The van der Waals surface area contributed by atoms with Gasteiger partial charge < -0.3 is 9.15 Å². The number of fused-ring (bicyclic) bond motifs is 1. The molecule has 0 amide bonds. The van der Waals surface area contributed by atoms with E-state index in [1.807, 2.05) is 0 Å². The number of nitrogens with zero attached hydrogens (tertiary/aromatic N) is 3. The van der Waals surface area contributed by atoms with E-state index in [1.165, 1.54) is 19.9 Å². The lowest BCUT2D eigenvalue weighted by Gasteiger charge is -2.20. The van der Waals surface area contributed by atoms with Crippen LogP contribution in [0.2, 0.25) is 0 Å². The van der Waals surface area contributed by atoms with E-state index >= 15 is 0 Å². The monoisotopic (exact) mass is 325 g/mol. The van der Waals surface area contributed by atoms with E-state index in [0.29, 0.717) is 16.7 Å². The van der Waals surface area contributed by atoms with Crippen molar-refractivity contribution in [2.24, 2.45) is 0 Å². The Morgan fingerprint density at radius 2 is 2.25 bits per heavy atom. The maximum Gasteiger partial charge on any atom is 0.331 e. The highest BCUT2D eigenvalue weighted by atomic mass is 16.5. The van der Waals surface area contributed by atoms with Gasteiger partial charge in [-0.05, 0) is 39.0 Å². The fourth-order valence-corrected chi connectivity index (χ4v) is 2.25. The van der Waals surface area contributed by atoms with E-state index in [4.69, 9.17) is 15.7 Å². The van der Waals surface area contributed by atoms with Crippen molar-refractivity contribution >= 4 is 22.9 Å². The summed E-state index contributed by atoms with van der Waals surface area (Å²) in [6, 6.07) is 5.13. The van der Waals surface area contributed by atoms with Crippen LogP contribution in [-0.4, -0.2) is 29.4 Å². The highest BCUT2D eigenvalue weighted by molar-refractivity contribution is 5.97. The Morgan fingerprint density at radius 1 is 1.54 bits per heavy atom. The predicted octanol–water partition coefficient (Wildman–Crippen LogP) is 2.66. The SMILES string of the molecule is [C-]#[N+]C(C#N)C(C)(C(=O)OCC)c1nc2cc(C(C)=O)ccc2o1. The smallest absolute Gasteiger partial charge is 0.331 e. The predicted molar refractivity (Wildman–Crippen MR) is 84.0 cm³/mol. The van der Waals surface area contributed by atoms with Gasteiger partial charge in [-0.1, -0.05) is 0 Å². The van der Waals surface area contributed by atoms with Crippen molar-refractivity contribution in [3.63, 3.8) is 0 Å². The van der Waals surface area contributed by atoms with E-state index in [2.05, 4.69) is 9.83 Å². The van der Waals surface area contributed by atoms with Crippen LogP contribution in [0.3, 0.4) is 0 Å². The number of esters is 1. The molecule has 1 aromatic carbocycles. The first-order chi connectivity index (χ1) is 11.4. The summed E-state index contributed by atoms with van der Waals surface area (Å²) in [7, 11) is 0. The maximum absolute atomic E-state index is 12.4. The van der Waals surface area contributed by atoms with Crippen molar-refractivity contribution in [3.8, 4) is 6.07 Å². The standard InChI is InChI=1S/C17H15N3O4/c1-5-23-16(22)17(3,14(9-18)19-4)15-20-12-8-11(10(2)21)6-7-13(12)24-15/h6-8,14H,5H2,1-3H3. The van der Waals surface area contributed by atoms with Gasteiger partial charge in [-0.25, -0.2) is 11.6 Å². The minimum Gasteiger partial charge on any atom is -0.465 e. The summed E-state index contributed by atoms with van der Waals surface area (Å²) in [5.74, 6) is -0.976. The molecule has 2 atom stereocenters. The Balaban J connectivity index is 2.64. The second kappa shape index (κ2) is 6.51. The average Bonchev–Trinajstić information content (AvgIpc) is 2.99. The molecule has 7 heteroatoms. The number of Topliss-reactive ketones (excluding diaryl/α,β-unsaturated/α-hetero) is 1. The summed E-state index contributed by atoms with van der Waals surface area (Å²) < 4.78 is 10.6. The molecule has 0 spiro atoms. The number of benzene rings is 1. The first-order valence-corrected chi connectivity index (χ1v) is 7.23. The summed E-state index contributed by atoms with van der Waals surface area (Å²) in [5, 5.41) is 9.25. The van der Waals surface area contributed by atoms with Crippen LogP contribution in [0.25, 0.3) is 15.9 Å².